The predicted molar refractivity (Wildman–Crippen MR) is 89.8 cm³/mol. The van der Waals surface area contributed by atoms with E-state index in [2.05, 4.69) is 20.6 Å². The molecule has 4 rings (SSSR count). The Morgan fingerprint density at radius 2 is 2.26 bits per heavy atom. The zero-order valence-electron chi connectivity index (χ0n) is 12.3. The van der Waals surface area contributed by atoms with E-state index in [1.807, 2.05) is 17.5 Å². The Kier molecular flexibility index (Phi) is 3.51. The number of phenolic OH excluding ortho intramolecular Hbond substituents is 1. The fraction of sp³-hybridized carbons (Fsp3) is 0.250. The molecule has 0 unspecified atom stereocenters. The van der Waals surface area contributed by atoms with Gasteiger partial charge in [0.2, 0.25) is 0 Å². The third-order valence-corrected chi connectivity index (χ3v) is 4.92. The van der Waals surface area contributed by atoms with Crippen molar-refractivity contribution in [2.75, 3.05) is 19.6 Å². The predicted octanol–water partition coefficient (Wildman–Crippen LogP) is 1.95. The van der Waals surface area contributed by atoms with E-state index in [4.69, 9.17) is 0 Å². The minimum absolute atomic E-state index is 0.0926. The van der Waals surface area contributed by atoms with Gasteiger partial charge in [-0.3, -0.25) is 4.79 Å². The molecular weight excluding hydrogens is 312 g/mol. The van der Waals surface area contributed by atoms with Gasteiger partial charge < -0.3 is 20.7 Å². The summed E-state index contributed by atoms with van der Waals surface area (Å²) >= 11 is 1.55. The highest BCUT2D eigenvalue weighted by Crippen LogP contribution is 2.30. The largest absolute Gasteiger partial charge is 0.506 e. The highest BCUT2D eigenvalue weighted by Gasteiger charge is 2.20. The van der Waals surface area contributed by atoms with Gasteiger partial charge in [0.25, 0.3) is 5.91 Å². The second kappa shape index (κ2) is 5.68. The zero-order chi connectivity index (χ0) is 15.8. The molecule has 1 saturated heterocycles. The van der Waals surface area contributed by atoms with Crippen molar-refractivity contribution >= 4 is 28.3 Å². The number of phenols is 1. The summed E-state index contributed by atoms with van der Waals surface area (Å²) in [5, 5.41) is 18.1. The van der Waals surface area contributed by atoms with Crippen LogP contribution in [-0.2, 0) is 0 Å². The Morgan fingerprint density at radius 3 is 2.96 bits per heavy atom. The summed E-state index contributed by atoms with van der Waals surface area (Å²) < 4.78 is 0. The molecule has 7 heteroatoms. The zero-order valence-corrected chi connectivity index (χ0v) is 13.1. The number of hydrogen-bond acceptors (Lipinski definition) is 5. The van der Waals surface area contributed by atoms with Crippen molar-refractivity contribution < 1.29 is 9.90 Å². The molecule has 23 heavy (non-hydrogen) atoms. The van der Waals surface area contributed by atoms with Gasteiger partial charge in [0.15, 0.2) is 0 Å². The maximum Gasteiger partial charge on any atom is 0.253 e. The SMILES string of the molecule is O=C(NCC1CNC1)c1ccc(O)c2[nH]c(-c3cccs3)nc12. The lowest BCUT2D eigenvalue weighted by molar-refractivity contribution is 0.0943. The van der Waals surface area contributed by atoms with E-state index >= 15 is 0 Å². The normalized spacial score (nSPS) is 14.8. The summed E-state index contributed by atoms with van der Waals surface area (Å²) in [6, 6.07) is 7.03. The molecule has 2 aromatic heterocycles. The smallest absolute Gasteiger partial charge is 0.253 e. The molecule has 1 fully saturated rings. The maximum atomic E-state index is 12.4. The molecule has 0 saturated carbocycles. The van der Waals surface area contributed by atoms with Crippen LogP contribution in [0.2, 0.25) is 0 Å². The summed E-state index contributed by atoms with van der Waals surface area (Å²) in [4.78, 5) is 21.0. The number of H-pyrrole nitrogens is 1. The first-order chi connectivity index (χ1) is 11.2. The Hall–Kier alpha value is -2.38. The number of aromatic hydroxyl groups is 1. The fourth-order valence-electron chi connectivity index (χ4n) is 2.62. The summed E-state index contributed by atoms with van der Waals surface area (Å²) in [7, 11) is 0. The molecule has 4 N–H and O–H groups in total. The van der Waals surface area contributed by atoms with E-state index in [1.54, 1.807) is 17.4 Å². The van der Waals surface area contributed by atoms with Gasteiger partial charge in [-0.25, -0.2) is 4.98 Å². The number of hydrogen-bond donors (Lipinski definition) is 4. The third-order valence-electron chi connectivity index (χ3n) is 4.04. The van der Waals surface area contributed by atoms with E-state index in [1.165, 1.54) is 6.07 Å². The van der Waals surface area contributed by atoms with Gasteiger partial charge in [-0.1, -0.05) is 6.07 Å². The van der Waals surface area contributed by atoms with Gasteiger partial charge in [0.05, 0.1) is 10.4 Å². The molecule has 1 aliphatic rings. The van der Waals surface area contributed by atoms with Gasteiger partial charge in [-0.15, -0.1) is 11.3 Å². The molecule has 0 radical (unpaired) electrons. The minimum Gasteiger partial charge on any atom is -0.506 e. The second-order valence-corrected chi connectivity index (χ2v) is 6.60. The van der Waals surface area contributed by atoms with Crippen molar-refractivity contribution in [2.24, 2.45) is 5.92 Å². The van der Waals surface area contributed by atoms with Gasteiger partial charge in [0, 0.05) is 25.6 Å². The van der Waals surface area contributed by atoms with Crippen molar-refractivity contribution in [1.29, 1.82) is 0 Å². The van der Waals surface area contributed by atoms with Crippen LogP contribution in [0.15, 0.2) is 29.6 Å². The maximum absolute atomic E-state index is 12.4. The number of fused-ring (bicyclic) bond motifs is 1. The van der Waals surface area contributed by atoms with Gasteiger partial charge in [0.1, 0.15) is 22.6 Å². The highest BCUT2D eigenvalue weighted by molar-refractivity contribution is 7.13. The number of nitrogens with one attached hydrogen (secondary N) is 3. The van der Waals surface area contributed by atoms with Crippen molar-refractivity contribution in [3.05, 3.63) is 35.2 Å². The Bertz CT molecular complexity index is 852. The number of thiophene rings is 1. The highest BCUT2D eigenvalue weighted by atomic mass is 32.1. The number of nitrogens with zero attached hydrogens (tertiary/aromatic N) is 1. The van der Waals surface area contributed by atoms with Crippen LogP contribution in [0.1, 0.15) is 10.4 Å². The average molecular weight is 328 g/mol. The number of imidazole rings is 1. The molecule has 0 bridgehead atoms. The van der Waals surface area contributed by atoms with Crippen molar-refractivity contribution in [3.63, 3.8) is 0 Å². The average Bonchev–Trinajstić information content (AvgIpc) is 3.15. The topological polar surface area (TPSA) is 90.0 Å². The van der Waals surface area contributed by atoms with E-state index in [-0.39, 0.29) is 11.7 Å². The second-order valence-electron chi connectivity index (χ2n) is 5.65. The molecule has 1 amide bonds. The van der Waals surface area contributed by atoms with Gasteiger partial charge in [-0.2, -0.15) is 0 Å². The van der Waals surface area contributed by atoms with Crippen LogP contribution < -0.4 is 10.6 Å². The monoisotopic (exact) mass is 328 g/mol. The number of rotatable bonds is 4. The summed E-state index contributed by atoms with van der Waals surface area (Å²) in [6.07, 6.45) is 0. The van der Waals surface area contributed by atoms with Crippen molar-refractivity contribution in [1.82, 2.24) is 20.6 Å². The number of amides is 1. The van der Waals surface area contributed by atoms with Crippen molar-refractivity contribution in [2.45, 2.75) is 0 Å². The lowest BCUT2D eigenvalue weighted by Crippen LogP contribution is -2.48. The van der Waals surface area contributed by atoms with Crippen LogP contribution in [0.5, 0.6) is 5.75 Å². The minimum atomic E-state index is -0.161. The number of carbonyl (C=O) groups is 1. The molecule has 118 valence electrons. The Labute approximate surface area is 136 Å². The van der Waals surface area contributed by atoms with Gasteiger partial charge in [-0.05, 0) is 23.6 Å². The number of benzene rings is 1. The van der Waals surface area contributed by atoms with E-state index in [0.29, 0.717) is 34.9 Å². The first-order valence-corrected chi connectivity index (χ1v) is 8.35. The molecule has 0 atom stereocenters. The van der Waals surface area contributed by atoms with Crippen LogP contribution >= 0.6 is 11.3 Å². The van der Waals surface area contributed by atoms with Crippen LogP contribution in [0.4, 0.5) is 0 Å². The first-order valence-electron chi connectivity index (χ1n) is 7.47. The lowest BCUT2D eigenvalue weighted by Gasteiger charge is -2.27. The summed E-state index contributed by atoms with van der Waals surface area (Å²) in [5.74, 6) is 1.09. The first kappa shape index (κ1) is 14.2. The fourth-order valence-corrected chi connectivity index (χ4v) is 3.29. The third kappa shape index (κ3) is 2.58. The summed E-state index contributed by atoms with van der Waals surface area (Å²) in [5.41, 5.74) is 1.47. The Morgan fingerprint density at radius 1 is 1.39 bits per heavy atom. The molecule has 6 nitrogen and oxygen atoms in total. The summed E-state index contributed by atoms with van der Waals surface area (Å²) in [6.45, 7) is 2.53. The van der Waals surface area contributed by atoms with Crippen LogP contribution in [0.3, 0.4) is 0 Å². The lowest BCUT2D eigenvalue weighted by atomic mass is 10.0. The van der Waals surface area contributed by atoms with E-state index < -0.39 is 0 Å². The van der Waals surface area contributed by atoms with Crippen LogP contribution in [-0.4, -0.2) is 40.6 Å². The molecule has 3 heterocycles. The molecule has 3 aromatic rings. The molecular formula is C16H16N4O2S. The van der Waals surface area contributed by atoms with Crippen LogP contribution in [0, 0.1) is 5.92 Å². The molecule has 1 aliphatic heterocycles. The standard InChI is InChI=1S/C16H16N4O2S/c21-11-4-3-10(16(22)18-8-9-6-17-7-9)13-14(11)20-15(19-13)12-2-1-5-23-12/h1-5,9,17,21H,6-8H2,(H,18,22)(H,19,20). The van der Waals surface area contributed by atoms with E-state index in [9.17, 15) is 9.90 Å². The molecule has 0 aliphatic carbocycles. The Balaban J connectivity index is 1.68. The van der Waals surface area contributed by atoms with Crippen LogP contribution in [0.25, 0.3) is 21.7 Å². The number of aromatic nitrogens is 2. The van der Waals surface area contributed by atoms with Gasteiger partial charge >= 0.3 is 0 Å². The quantitative estimate of drug-likeness (QED) is 0.589. The van der Waals surface area contributed by atoms with Crippen molar-refractivity contribution in [3.8, 4) is 16.5 Å². The molecule has 0 spiro atoms. The van der Waals surface area contributed by atoms with E-state index in [0.717, 1.165) is 18.0 Å². The number of aromatic amines is 1. The molecule has 1 aromatic carbocycles. The number of carbonyl (C=O) groups excluding carboxylic acids is 1.